The van der Waals surface area contributed by atoms with Crippen molar-refractivity contribution in [3.63, 3.8) is 0 Å². The largest absolute Gasteiger partial charge is 0.487 e. The van der Waals surface area contributed by atoms with E-state index in [0.717, 1.165) is 31.2 Å². The van der Waals surface area contributed by atoms with E-state index >= 15 is 0 Å². The number of rotatable bonds is 5. The number of carbonyl (C=O) groups is 1. The molecule has 2 heterocycles. The molecule has 0 radical (unpaired) electrons. The minimum absolute atomic E-state index is 0.0328. The van der Waals surface area contributed by atoms with Crippen LogP contribution in [0.25, 0.3) is 0 Å². The third-order valence-corrected chi connectivity index (χ3v) is 9.50. The van der Waals surface area contributed by atoms with Gasteiger partial charge >= 0.3 is 0 Å². The molecule has 9 heteroatoms. The molecule has 1 saturated carbocycles. The summed E-state index contributed by atoms with van der Waals surface area (Å²) >= 11 is 0. The summed E-state index contributed by atoms with van der Waals surface area (Å²) in [5.74, 6) is 6.26. The Morgan fingerprint density at radius 1 is 1.16 bits per heavy atom. The van der Waals surface area contributed by atoms with Crippen LogP contribution in [0.15, 0.2) is 47.6 Å². The van der Waals surface area contributed by atoms with E-state index < -0.39 is 22.2 Å². The van der Waals surface area contributed by atoms with Crippen molar-refractivity contribution >= 4 is 15.9 Å². The molecule has 0 unspecified atom stereocenters. The summed E-state index contributed by atoms with van der Waals surface area (Å²) in [5.41, 5.74) is 1.40. The molecule has 0 bridgehead atoms. The van der Waals surface area contributed by atoms with Crippen molar-refractivity contribution in [2.45, 2.75) is 63.0 Å². The molecule has 3 atom stereocenters. The van der Waals surface area contributed by atoms with E-state index in [1.165, 1.54) is 16.8 Å². The highest BCUT2D eigenvalue weighted by molar-refractivity contribution is 7.89. The Morgan fingerprint density at radius 3 is 2.53 bits per heavy atom. The van der Waals surface area contributed by atoms with Gasteiger partial charge in [0.1, 0.15) is 16.7 Å². The lowest BCUT2D eigenvalue weighted by Crippen LogP contribution is -2.50. The first-order valence-electron chi connectivity index (χ1n) is 13.3. The first-order valence-corrected chi connectivity index (χ1v) is 14.7. The van der Waals surface area contributed by atoms with Crippen LogP contribution in [-0.4, -0.2) is 72.5 Å². The molecule has 2 aliphatic rings. The lowest BCUT2D eigenvalue weighted by Gasteiger charge is -2.38. The summed E-state index contributed by atoms with van der Waals surface area (Å²) in [7, 11) is -2.15. The van der Waals surface area contributed by atoms with Gasteiger partial charge in [-0.25, -0.2) is 8.42 Å². The minimum Gasteiger partial charge on any atom is -0.487 e. The van der Waals surface area contributed by atoms with Crippen LogP contribution in [0.5, 0.6) is 5.75 Å². The average Bonchev–Trinajstić information content (AvgIpc) is 2.93. The molecule has 1 amide bonds. The molecule has 1 aromatic carbocycles. The predicted molar refractivity (Wildman–Crippen MR) is 145 cm³/mol. The Balaban J connectivity index is 1.68. The van der Waals surface area contributed by atoms with Gasteiger partial charge in [0.15, 0.2) is 0 Å². The van der Waals surface area contributed by atoms with E-state index in [-0.39, 0.29) is 41.5 Å². The number of nitrogens with zero attached hydrogens (tertiary/aromatic N) is 3. The molecule has 38 heavy (non-hydrogen) atoms. The molecule has 1 fully saturated rings. The van der Waals surface area contributed by atoms with Gasteiger partial charge in [-0.1, -0.05) is 38.0 Å². The van der Waals surface area contributed by atoms with Gasteiger partial charge in [-0.05, 0) is 50.1 Å². The standard InChI is InChI=1S/C29H37N3O5S/c1-21-18-32(22(2)20-33)38(35,36)28-12-11-24(10-9-23-13-15-30-16-14-23)17-26(28)37-27(21)19-31(3)29(34)25-7-5-4-6-8-25/h11-17,21-22,25,27,33H,4-8,18-20H2,1-3H3/t21-,22-,27+/m1/s1. The van der Waals surface area contributed by atoms with E-state index in [0.29, 0.717) is 12.1 Å². The molecule has 1 aromatic heterocycles. The van der Waals surface area contributed by atoms with Gasteiger partial charge in [0.05, 0.1) is 13.2 Å². The van der Waals surface area contributed by atoms with Crippen molar-refractivity contribution < 1.29 is 23.1 Å². The maximum absolute atomic E-state index is 13.7. The van der Waals surface area contributed by atoms with Crippen molar-refractivity contribution in [2.75, 3.05) is 26.7 Å². The number of hydrogen-bond donors (Lipinski definition) is 1. The number of aromatic nitrogens is 1. The smallest absolute Gasteiger partial charge is 0.247 e. The van der Waals surface area contributed by atoms with Gasteiger partial charge < -0.3 is 14.7 Å². The first-order chi connectivity index (χ1) is 18.2. The zero-order chi connectivity index (χ0) is 27.3. The minimum atomic E-state index is -3.94. The maximum Gasteiger partial charge on any atom is 0.247 e. The molecule has 2 aromatic rings. The second kappa shape index (κ2) is 12.3. The van der Waals surface area contributed by atoms with E-state index in [2.05, 4.69) is 16.8 Å². The fourth-order valence-electron chi connectivity index (χ4n) is 5.12. The zero-order valence-corrected chi connectivity index (χ0v) is 23.2. The van der Waals surface area contributed by atoms with Gasteiger partial charge in [0, 0.05) is 55.0 Å². The molecule has 0 spiro atoms. The number of sulfonamides is 1. The molecule has 0 saturated heterocycles. The Kier molecular flexibility index (Phi) is 9.08. The van der Waals surface area contributed by atoms with Crippen LogP contribution >= 0.6 is 0 Å². The second-order valence-corrected chi connectivity index (χ2v) is 12.3. The van der Waals surface area contributed by atoms with E-state index in [1.807, 2.05) is 6.92 Å². The highest BCUT2D eigenvalue weighted by Crippen LogP contribution is 2.34. The van der Waals surface area contributed by atoms with Crippen LogP contribution in [0.2, 0.25) is 0 Å². The van der Waals surface area contributed by atoms with Gasteiger partial charge in [-0.3, -0.25) is 9.78 Å². The molecule has 204 valence electrons. The Morgan fingerprint density at radius 2 is 1.84 bits per heavy atom. The fourth-order valence-corrected chi connectivity index (χ4v) is 6.95. The molecular formula is C29H37N3O5S. The lowest BCUT2D eigenvalue weighted by molar-refractivity contribution is -0.136. The van der Waals surface area contributed by atoms with Gasteiger partial charge in [0.2, 0.25) is 15.9 Å². The number of ether oxygens (including phenoxy) is 1. The summed E-state index contributed by atoms with van der Waals surface area (Å²) < 4.78 is 35.1. The maximum atomic E-state index is 13.7. The van der Waals surface area contributed by atoms with Crippen molar-refractivity contribution in [1.29, 1.82) is 0 Å². The van der Waals surface area contributed by atoms with Crippen LogP contribution in [-0.2, 0) is 14.8 Å². The van der Waals surface area contributed by atoms with Crippen molar-refractivity contribution in [3.8, 4) is 17.6 Å². The van der Waals surface area contributed by atoms with Crippen LogP contribution in [0, 0.1) is 23.7 Å². The molecule has 4 rings (SSSR count). The summed E-state index contributed by atoms with van der Waals surface area (Å²) in [6.45, 7) is 3.82. The first kappa shape index (κ1) is 28.1. The molecule has 1 aliphatic carbocycles. The number of aliphatic hydroxyl groups is 1. The number of hydrogen-bond acceptors (Lipinski definition) is 6. The molecular weight excluding hydrogens is 502 g/mol. The Labute approximate surface area is 226 Å². The number of amides is 1. The van der Waals surface area contributed by atoms with Crippen molar-refractivity contribution in [2.24, 2.45) is 11.8 Å². The van der Waals surface area contributed by atoms with E-state index in [1.54, 1.807) is 55.5 Å². The monoisotopic (exact) mass is 539 g/mol. The van der Waals surface area contributed by atoms with Crippen molar-refractivity contribution in [3.05, 3.63) is 53.9 Å². The number of benzene rings is 1. The number of fused-ring (bicyclic) bond motifs is 1. The fraction of sp³-hybridized carbons (Fsp3) is 0.517. The van der Waals surface area contributed by atoms with E-state index in [9.17, 15) is 18.3 Å². The summed E-state index contributed by atoms with van der Waals surface area (Å²) in [6.07, 6.45) is 8.01. The normalized spacial score (nSPS) is 22.5. The van der Waals surface area contributed by atoms with Gasteiger partial charge in [-0.15, -0.1) is 0 Å². The molecule has 8 nitrogen and oxygen atoms in total. The number of aliphatic hydroxyl groups excluding tert-OH is 1. The summed E-state index contributed by atoms with van der Waals surface area (Å²) in [6, 6.07) is 7.81. The van der Waals surface area contributed by atoms with E-state index in [4.69, 9.17) is 4.74 Å². The van der Waals surface area contributed by atoms with Crippen LogP contribution < -0.4 is 4.74 Å². The third kappa shape index (κ3) is 6.37. The lowest BCUT2D eigenvalue weighted by atomic mass is 9.88. The second-order valence-electron chi connectivity index (χ2n) is 10.4. The van der Waals surface area contributed by atoms with Crippen LogP contribution in [0.3, 0.4) is 0 Å². The van der Waals surface area contributed by atoms with Crippen LogP contribution in [0.4, 0.5) is 0 Å². The topological polar surface area (TPSA) is 100 Å². The summed E-state index contributed by atoms with van der Waals surface area (Å²) in [5, 5.41) is 9.85. The summed E-state index contributed by atoms with van der Waals surface area (Å²) in [4.78, 5) is 18.9. The van der Waals surface area contributed by atoms with Crippen molar-refractivity contribution in [1.82, 2.24) is 14.2 Å². The molecule has 1 N–H and O–H groups in total. The quantitative estimate of drug-likeness (QED) is 0.586. The highest BCUT2D eigenvalue weighted by Gasteiger charge is 2.38. The molecule has 1 aliphatic heterocycles. The Hall–Kier alpha value is -2.93. The number of pyridine rings is 1. The van der Waals surface area contributed by atoms with Gasteiger partial charge in [-0.2, -0.15) is 4.31 Å². The highest BCUT2D eigenvalue weighted by atomic mass is 32.2. The Bertz CT molecular complexity index is 1280. The van der Waals surface area contributed by atoms with Crippen LogP contribution in [0.1, 0.15) is 57.1 Å². The number of likely N-dealkylation sites (N-methyl/N-ethyl adjacent to an activating group) is 1. The third-order valence-electron chi connectivity index (χ3n) is 7.48. The predicted octanol–water partition coefficient (Wildman–Crippen LogP) is 3.29. The number of carbonyl (C=O) groups excluding carboxylic acids is 1. The SMILES string of the molecule is C[C@@H]1CN([C@H](C)CO)S(=O)(=O)c2ccc(C#Cc3ccncc3)cc2O[C@H]1CN(C)C(=O)C1CCCCC1. The van der Waals surface area contributed by atoms with Gasteiger partial charge in [0.25, 0.3) is 0 Å². The average molecular weight is 540 g/mol. The zero-order valence-electron chi connectivity index (χ0n) is 22.3.